The van der Waals surface area contributed by atoms with E-state index in [1.165, 1.54) is 0 Å². The molecule has 0 heterocycles. The number of aliphatic hydroxyl groups is 1. The summed E-state index contributed by atoms with van der Waals surface area (Å²) in [5.74, 6) is -4.85. The number of ether oxygens (including phenoxy) is 1. The summed E-state index contributed by atoms with van der Waals surface area (Å²) in [7, 11) is 0. The molecule has 0 fully saturated rings. The van der Waals surface area contributed by atoms with E-state index in [0.29, 0.717) is 0 Å². The van der Waals surface area contributed by atoms with Gasteiger partial charge in [-0.05, 0) is 0 Å². The number of rotatable bonds is 4. The van der Waals surface area contributed by atoms with E-state index >= 15 is 0 Å². The standard InChI is InChI=1S/C5H7F5O2/c6-4(7,5(8,9)10)3-12-2-1-11/h11H,1-3H2. The van der Waals surface area contributed by atoms with Crippen molar-refractivity contribution in [2.45, 2.75) is 12.1 Å². The number of halogens is 5. The molecule has 0 aliphatic rings. The van der Waals surface area contributed by atoms with Gasteiger partial charge in [-0.1, -0.05) is 0 Å². The van der Waals surface area contributed by atoms with E-state index in [2.05, 4.69) is 4.74 Å². The molecule has 0 saturated heterocycles. The van der Waals surface area contributed by atoms with E-state index in [9.17, 15) is 22.0 Å². The SMILES string of the molecule is OCCOCC(F)(F)C(F)(F)F. The van der Waals surface area contributed by atoms with E-state index < -0.39 is 31.9 Å². The Morgan fingerprint density at radius 1 is 1.08 bits per heavy atom. The molecule has 0 unspecified atom stereocenters. The van der Waals surface area contributed by atoms with Gasteiger partial charge in [-0.2, -0.15) is 22.0 Å². The lowest BCUT2D eigenvalue weighted by atomic mass is 10.3. The molecule has 0 amide bonds. The largest absolute Gasteiger partial charge is 0.455 e. The summed E-state index contributed by atoms with van der Waals surface area (Å²) in [6, 6.07) is 0. The van der Waals surface area contributed by atoms with Crippen LogP contribution >= 0.6 is 0 Å². The molecule has 7 heteroatoms. The van der Waals surface area contributed by atoms with Gasteiger partial charge in [0, 0.05) is 0 Å². The van der Waals surface area contributed by atoms with Crippen molar-refractivity contribution in [2.75, 3.05) is 19.8 Å². The third-order valence-electron chi connectivity index (χ3n) is 0.934. The van der Waals surface area contributed by atoms with Crippen LogP contribution in [0.1, 0.15) is 0 Å². The molecule has 12 heavy (non-hydrogen) atoms. The lowest BCUT2D eigenvalue weighted by Gasteiger charge is -2.18. The normalized spacial score (nSPS) is 13.5. The van der Waals surface area contributed by atoms with Crippen LogP contribution in [0, 0.1) is 0 Å². The van der Waals surface area contributed by atoms with Gasteiger partial charge in [0.2, 0.25) is 0 Å². The lowest BCUT2D eigenvalue weighted by Crippen LogP contribution is -2.41. The van der Waals surface area contributed by atoms with E-state index in [0.717, 1.165) is 0 Å². The second-order valence-corrected chi connectivity index (χ2v) is 1.98. The minimum absolute atomic E-state index is 0.536. The van der Waals surface area contributed by atoms with Crippen LogP contribution in [0.4, 0.5) is 22.0 Å². The number of hydrogen-bond acceptors (Lipinski definition) is 2. The molecule has 0 spiro atoms. The highest BCUT2D eigenvalue weighted by Crippen LogP contribution is 2.35. The first-order valence-corrected chi connectivity index (χ1v) is 2.94. The Morgan fingerprint density at radius 3 is 1.92 bits per heavy atom. The number of alkyl halides is 5. The fraction of sp³-hybridized carbons (Fsp3) is 1.00. The molecular formula is C5H7F5O2. The maximum atomic E-state index is 11.9. The number of aliphatic hydroxyl groups excluding tert-OH is 1. The smallest absolute Gasteiger partial charge is 0.394 e. The molecule has 0 saturated carbocycles. The Hall–Kier alpha value is -0.430. The molecule has 0 bridgehead atoms. The van der Waals surface area contributed by atoms with Crippen LogP contribution in [-0.4, -0.2) is 37.0 Å². The van der Waals surface area contributed by atoms with Crippen LogP contribution in [0.5, 0.6) is 0 Å². The zero-order chi connectivity index (χ0) is 9.83. The van der Waals surface area contributed by atoms with Crippen molar-refractivity contribution in [1.29, 1.82) is 0 Å². The summed E-state index contributed by atoms with van der Waals surface area (Å²) < 4.78 is 61.8. The highest BCUT2D eigenvalue weighted by atomic mass is 19.4. The van der Waals surface area contributed by atoms with Crippen LogP contribution in [0.3, 0.4) is 0 Å². The highest BCUT2D eigenvalue weighted by Gasteiger charge is 2.57. The zero-order valence-electron chi connectivity index (χ0n) is 5.87. The second kappa shape index (κ2) is 3.99. The third-order valence-corrected chi connectivity index (χ3v) is 0.934. The first-order valence-electron chi connectivity index (χ1n) is 2.94. The summed E-state index contributed by atoms with van der Waals surface area (Å²) in [6.45, 7) is -2.88. The van der Waals surface area contributed by atoms with Gasteiger partial charge in [0.15, 0.2) is 0 Å². The van der Waals surface area contributed by atoms with E-state index in [1.54, 1.807) is 0 Å². The van der Waals surface area contributed by atoms with Crippen LogP contribution in [0.2, 0.25) is 0 Å². The minimum Gasteiger partial charge on any atom is -0.394 e. The van der Waals surface area contributed by atoms with Gasteiger partial charge in [0.25, 0.3) is 0 Å². The van der Waals surface area contributed by atoms with Gasteiger partial charge < -0.3 is 9.84 Å². The third kappa shape index (κ3) is 3.31. The van der Waals surface area contributed by atoms with Gasteiger partial charge in [-0.15, -0.1) is 0 Å². The molecule has 0 aliphatic carbocycles. The Kier molecular flexibility index (Phi) is 3.85. The van der Waals surface area contributed by atoms with Crippen molar-refractivity contribution in [2.24, 2.45) is 0 Å². The first-order chi connectivity index (χ1) is 5.31. The van der Waals surface area contributed by atoms with Crippen molar-refractivity contribution in [1.82, 2.24) is 0 Å². The van der Waals surface area contributed by atoms with Crippen molar-refractivity contribution >= 4 is 0 Å². The molecule has 74 valence electrons. The summed E-state index contributed by atoms with van der Waals surface area (Å²) in [5.41, 5.74) is 0. The Balaban J connectivity index is 3.88. The molecule has 0 aliphatic heterocycles. The van der Waals surface area contributed by atoms with Gasteiger partial charge in [0.1, 0.15) is 6.61 Å². The van der Waals surface area contributed by atoms with Crippen molar-refractivity contribution < 1.29 is 31.8 Å². The Morgan fingerprint density at radius 2 is 1.58 bits per heavy atom. The molecule has 0 aromatic carbocycles. The fourth-order valence-electron chi connectivity index (χ4n) is 0.347. The predicted molar refractivity (Wildman–Crippen MR) is 28.9 cm³/mol. The van der Waals surface area contributed by atoms with Gasteiger partial charge >= 0.3 is 12.1 Å². The fourth-order valence-corrected chi connectivity index (χ4v) is 0.347. The summed E-state index contributed by atoms with van der Waals surface area (Å²) >= 11 is 0. The molecular weight excluding hydrogens is 187 g/mol. The minimum atomic E-state index is -5.59. The van der Waals surface area contributed by atoms with Gasteiger partial charge in [-0.3, -0.25) is 0 Å². The summed E-state index contributed by atoms with van der Waals surface area (Å²) in [4.78, 5) is 0. The number of hydrogen-bond donors (Lipinski definition) is 1. The monoisotopic (exact) mass is 194 g/mol. The molecule has 0 rings (SSSR count). The molecule has 0 radical (unpaired) electrons. The van der Waals surface area contributed by atoms with Crippen LogP contribution < -0.4 is 0 Å². The predicted octanol–water partition coefficient (Wildman–Crippen LogP) is 1.19. The lowest BCUT2D eigenvalue weighted by molar-refractivity contribution is -0.297. The van der Waals surface area contributed by atoms with Crippen molar-refractivity contribution in [3.05, 3.63) is 0 Å². The average Bonchev–Trinajstić information content (AvgIpc) is 1.85. The quantitative estimate of drug-likeness (QED) is 0.538. The molecule has 1 N–H and O–H groups in total. The Bertz CT molecular complexity index is 132. The highest BCUT2D eigenvalue weighted by molar-refractivity contribution is 4.74. The van der Waals surface area contributed by atoms with E-state index in [4.69, 9.17) is 5.11 Å². The van der Waals surface area contributed by atoms with Crippen LogP contribution in [-0.2, 0) is 4.74 Å². The van der Waals surface area contributed by atoms with Crippen molar-refractivity contribution in [3.63, 3.8) is 0 Å². The Labute approximate surface area is 64.9 Å². The van der Waals surface area contributed by atoms with Gasteiger partial charge in [-0.25, -0.2) is 0 Å². The summed E-state index contributed by atoms with van der Waals surface area (Å²) in [6.07, 6.45) is -5.59. The molecule has 0 atom stereocenters. The van der Waals surface area contributed by atoms with E-state index in [-0.39, 0.29) is 0 Å². The van der Waals surface area contributed by atoms with Crippen LogP contribution in [0.15, 0.2) is 0 Å². The van der Waals surface area contributed by atoms with Gasteiger partial charge in [0.05, 0.1) is 13.2 Å². The zero-order valence-corrected chi connectivity index (χ0v) is 5.87. The van der Waals surface area contributed by atoms with Crippen LogP contribution in [0.25, 0.3) is 0 Å². The maximum Gasteiger partial charge on any atom is 0.455 e. The van der Waals surface area contributed by atoms with Crippen molar-refractivity contribution in [3.8, 4) is 0 Å². The van der Waals surface area contributed by atoms with E-state index in [1.807, 2.05) is 0 Å². The molecule has 0 aromatic heterocycles. The first kappa shape index (κ1) is 11.6. The summed E-state index contributed by atoms with van der Waals surface area (Å²) in [5, 5.41) is 8.01. The maximum absolute atomic E-state index is 11.9. The molecule has 0 aromatic rings. The second-order valence-electron chi connectivity index (χ2n) is 1.98. The topological polar surface area (TPSA) is 29.5 Å². The molecule has 2 nitrogen and oxygen atoms in total. The average molecular weight is 194 g/mol.